The topological polar surface area (TPSA) is 61.2 Å². The van der Waals surface area contributed by atoms with E-state index in [0.29, 0.717) is 6.54 Å². The number of hydrogen-bond acceptors (Lipinski definition) is 3. The monoisotopic (exact) mass is 312 g/mol. The summed E-state index contributed by atoms with van der Waals surface area (Å²) in [5, 5.41) is 9.02. The predicted molar refractivity (Wildman–Crippen MR) is 77.9 cm³/mol. The molecule has 1 fully saturated rings. The number of halogens is 1. The Morgan fingerprint density at radius 3 is 2.70 bits per heavy atom. The molecule has 0 saturated carbocycles. The van der Waals surface area contributed by atoms with Crippen LogP contribution in [0.4, 0.5) is 0 Å². The van der Waals surface area contributed by atoms with Gasteiger partial charge in [-0.2, -0.15) is 9.57 Å². The second-order valence-electron chi connectivity index (χ2n) is 5.32. The normalized spacial score (nSPS) is 20.2. The Bertz CT molecular complexity index is 650. The maximum absolute atomic E-state index is 12.7. The lowest BCUT2D eigenvalue weighted by Gasteiger charge is -2.27. The fourth-order valence-electron chi connectivity index (χ4n) is 2.61. The van der Waals surface area contributed by atoms with Gasteiger partial charge in [-0.25, -0.2) is 8.42 Å². The first-order chi connectivity index (χ1) is 9.37. The number of benzene rings is 1. The fourth-order valence-corrected chi connectivity index (χ4v) is 4.75. The van der Waals surface area contributed by atoms with Crippen LogP contribution in [0.1, 0.15) is 32.3 Å². The van der Waals surface area contributed by atoms with Crippen LogP contribution in [-0.4, -0.2) is 25.3 Å². The molecule has 1 aliphatic heterocycles. The molecule has 1 aliphatic rings. The van der Waals surface area contributed by atoms with Gasteiger partial charge in [-0.1, -0.05) is 25.4 Å². The zero-order valence-electron chi connectivity index (χ0n) is 11.5. The van der Waals surface area contributed by atoms with Crippen molar-refractivity contribution in [3.63, 3.8) is 0 Å². The van der Waals surface area contributed by atoms with E-state index in [-0.39, 0.29) is 27.4 Å². The molecule has 0 radical (unpaired) electrons. The lowest BCUT2D eigenvalue weighted by atomic mass is 10.0. The highest BCUT2D eigenvalue weighted by atomic mass is 35.5. The third-order valence-corrected chi connectivity index (χ3v) is 5.92. The molecule has 1 aromatic rings. The largest absolute Gasteiger partial charge is 0.243 e. The highest BCUT2D eigenvalue weighted by molar-refractivity contribution is 7.89. The van der Waals surface area contributed by atoms with E-state index in [1.165, 1.54) is 18.2 Å². The van der Waals surface area contributed by atoms with Crippen molar-refractivity contribution in [3.05, 3.63) is 28.8 Å². The molecule has 0 spiro atoms. The summed E-state index contributed by atoms with van der Waals surface area (Å²) in [6.07, 6.45) is 1.77. The van der Waals surface area contributed by atoms with Gasteiger partial charge in [-0.3, -0.25) is 0 Å². The van der Waals surface area contributed by atoms with Crippen molar-refractivity contribution < 1.29 is 8.42 Å². The van der Waals surface area contributed by atoms with Crippen molar-refractivity contribution in [2.24, 2.45) is 5.92 Å². The molecule has 0 aliphatic carbocycles. The molecule has 0 N–H and O–H groups in total. The molecule has 1 unspecified atom stereocenters. The van der Waals surface area contributed by atoms with Gasteiger partial charge in [-0.05, 0) is 37.0 Å². The third kappa shape index (κ3) is 2.69. The van der Waals surface area contributed by atoms with Gasteiger partial charge >= 0.3 is 0 Å². The molecule has 1 saturated heterocycles. The summed E-state index contributed by atoms with van der Waals surface area (Å²) in [5.41, 5.74) is 0.285. The molecule has 20 heavy (non-hydrogen) atoms. The molecule has 108 valence electrons. The van der Waals surface area contributed by atoms with Crippen LogP contribution in [0.15, 0.2) is 23.1 Å². The minimum absolute atomic E-state index is 0.0365. The highest BCUT2D eigenvalue weighted by Gasteiger charge is 2.36. The second kappa shape index (κ2) is 5.72. The van der Waals surface area contributed by atoms with Gasteiger partial charge in [0.25, 0.3) is 0 Å². The van der Waals surface area contributed by atoms with Crippen molar-refractivity contribution in [1.82, 2.24) is 4.31 Å². The predicted octanol–water partition coefficient (Wildman–Crippen LogP) is 3.02. The van der Waals surface area contributed by atoms with Gasteiger partial charge < -0.3 is 0 Å². The van der Waals surface area contributed by atoms with Crippen LogP contribution in [0.25, 0.3) is 0 Å². The molecular formula is C14H17ClN2O2S. The Kier molecular flexibility index (Phi) is 4.38. The lowest BCUT2D eigenvalue weighted by molar-refractivity contribution is 0.316. The zero-order valence-corrected chi connectivity index (χ0v) is 13.1. The molecule has 4 nitrogen and oxygen atoms in total. The van der Waals surface area contributed by atoms with Crippen LogP contribution < -0.4 is 0 Å². The molecular weight excluding hydrogens is 296 g/mol. The summed E-state index contributed by atoms with van der Waals surface area (Å²) >= 11 is 5.94. The number of rotatable bonds is 3. The molecule has 1 aromatic carbocycles. The maximum Gasteiger partial charge on any atom is 0.243 e. The van der Waals surface area contributed by atoms with Crippen molar-refractivity contribution >= 4 is 21.6 Å². The minimum Gasteiger partial charge on any atom is -0.207 e. The van der Waals surface area contributed by atoms with Crippen molar-refractivity contribution in [2.75, 3.05) is 6.54 Å². The van der Waals surface area contributed by atoms with Crippen LogP contribution in [0.3, 0.4) is 0 Å². The highest BCUT2D eigenvalue weighted by Crippen LogP contribution is 2.31. The van der Waals surface area contributed by atoms with Gasteiger partial charge in [0, 0.05) is 12.6 Å². The Labute approximate surface area is 125 Å². The van der Waals surface area contributed by atoms with Crippen molar-refractivity contribution in [1.29, 1.82) is 5.26 Å². The SMILES string of the molecule is CC(C)C1CCCN1S(=O)(=O)c1ccc(C#N)c(Cl)c1. The quantitative estimate of drug-likeness (QED) is 0.862. The van der Waals surface area contributed by atoms with Crippen LogP contribution in [-0.2, 0) is 10.0 Å². The van der Waals surface area contributed by atoms with Crippen molar-refractivity contribution in [2.45, 2.75) is 37.6 Å². The summed E-state index contributed by atoms with van der Waals surface area (Å²) in [5.74, 6) is 0.279. The molecule has 6 heteroatoms. The number of hydrogen-bond donors (Lipinski definition) is 0. The molecule has 1 atom stereocenters. The van der Waals surface area contributed by atoms with Gasteiger partial charge in [0.2, 0.25) is 10.0 Å². The molecule has 0 amide bonds. The van der Waals surface area contributed by atoms with Gasteiger partial charge in [0.1, 0.15) is 6.07 Å². The fraction of sp³-hybridized carbons (Fsp3) is 0.500. The first-order valence-electron chi connectivity index (χ1n) is 6.59. The molecule has 2 rings (SSSR count). The van der Waals surface area contributed by atoms with E-state index < -0.39 is 10.0 Å². The smallest absolute Gasteiger partial charge is 0.207 e. The Morgan fingerprint density at radius 2 is 2.15 bits per heavy atom. The molecule has 0 aromatic heterocycles. The summed E-state index contributed by atoms with van der Waals surface area (Å²) in [6, 6.07) is 6.24. The summed E-state index contributed by atoms with van der Waals surface area (Å²) in [6.45, 7) is 4.61. The number of nitriles is 1. The van der Waals surface area contributed by atoms with E-state index in [1.54, 1.807) is 4.31 Å². The Hall–Kier alpha value is -1.09. The zero-order chi connectivity index (χ0) is 14.9. The number of sulfonamides is 1. The third-order valence-electron chi connectivity index (χ3n) is 3.69. The maximum atomic E-state index is 12.7. The minimum atomic E-state index is -3.54. The standard InChI is InChI=1S/C14H17ClN2O2S/c1-10(2)14-4-3-7-17(14)20(18,19)12-6-5-11(9-16)13(15)8-12/h5-6,8,10,14H,3-4,7H2,1-2H3. The van der Waals surface area contributed by atoms with Crippen LogP contribution in [0.2, 0.25) is 5.02 Å². The average molecular weight is 313 g/mol. The summed E-state index contributed by atoms with van der Waals surface area (Å²) in [4.78, 5) is 0.161. The van der Waals surface area contributed by atoms with Gasteiger partial charge in [0.05, 0.1) is 15.5 Å². The van der Waals surface area contributed by atoms with Crippen molar-refractivity contribution in [3.8, 4) is 6.07 Å². The Balaban J connectivity index is 2.40. The van der Waals surface area contributed by atoms with E-state index in [2.05, 4.69) is 0 Å². The van der Waals surface area contributed by atoms with E-state index >= 15 is 0 Å². The Morgan fingerprint density at radius 1 is 1.45 bits per heavy atom. The first kappa shape index (κ1) is 15.3. The first-order valence-corrected chi connectivity index (χ1v) is 8.41. The molecule has 1 heterocycles. The van der Waals surface area contributed by atoms with E-state index in [9.17, 15) is 8.42 Å². The van der Waals surface area contributed by atoms with Crippen LogP contribution in [0.5, 0.6) is 0 Å². The lowest BCUT2D eigenvalue weighted by Crippen LogP contribution is -2.38. The van der Waals surface area contributed by atoms with Gasteiger partial charge in [0.15, 0.2) is 0 Å². The van der Waals surface area contributed by atoms with E-state index in [0.717, 1.165) is 12.8 Å². The van der Waals surface area contributed by atoms with Crippen LogP contribution in [0, 0.1) is 17.2 Å². The van der Waals surface area contributed by atoms with E-state index in [1.807, 2.05) is 19.9 Å². The molecule has 0 bridgehead atoms. The summed E-state index contributed by atoms with van der Waals surface area (Å²) in [7, 11) is -3.54. The number of nitrogens with zero attached hydrogens (tertiary/aromatic N) is 2. The van der Waals surface area contributed by atoms with Gasteiger partial charge in [-0.15, -0.1) is 0 Å². The summed E-state index contributed by atoms with van der Waals surface area (Å²) < 4.78 is 26.9. The van der Waals surface area contributed by atoms with Crippen LogP contribution >= 0.6 is 11.6 Å². The average Bonchev–Trinajstić information content (AvgIpc) is 2.88. The van der Waals surface area contributed by atoms with E-state index in [4.69, 9.17) is 16.9 Å². The second-order valence-corrected chi connectivity index (χ2v) is 7.62.